The van der Waals surface area contributed by atoms with Gasteiger partial charge in [0.25, 0.3) is 5.91 Å². The first-order chi connectivity index (χ1) is 9.38. The summed E-state index contributed by atoms with van der Waals surface area (Å²) in [6.45, 7) is 6.28. The van der Waals surface area contributed by atoms with E-state index in [9.17, 15) is 9.18 Å². The molecule has 0 spiro atoms. The number of benzene rings is 2. The lowest BCUT2D eigenvalue weighted by molar-refractivity contribution is 0.102. The topological polar surface area (TPSA) is 29.1 Å². The zero-order valence-corrected chi connectivity index (χ0v) is 11.9. The number of anilines is 1. The first-order valence-corrected chi connectivity index (χ1v) is 6.54. The fourth-order valence-corrected chi connectivity index (χ4v) is 2.04. The molecule has 0 saturated heterocycles. The SMILES string of the molecule is CC(C)(C)c1ccccc1NC(=O)c1ccc(F)cc1. The van der Waals surface area contributed by atoms with E-state index in [4.69, 9.17) is 0 Å². The second kappa shape index (κ2) is 5.45. The third-order valence-corrected chi connectivity index (χ3v) is 3.09. The summed E-state index contributed by atoms with van der Waals surface area (Å²) in [6.07, 6.45) is 0. The van der Waals surface area contributed by atoms with Crippen molar-refractivity contribution in [2.45, 2.75) is 26.2 Å². The van der Waals surface area contributed by atoms with Crippen molar-refractivity contribution in [1.29, 1.82) is 0 Å². The predicted octanol–water partition coefficient (Wildman–Crippen LogP) is 4.38. The highest BCUT2D eigenvalue weighted by atomic mass is 19.1. The number of halogens is 1. The maximum absolute atomic E-state index is 12.9. The van der Waals surface area contributed by atoms with Crippen molar-refractivity contribution in [3.63, 3.8) is 0 Å². The average Bonchev–Trinajstić information content (AvgIpc) is 2.38. The minimum Gasteiger partial charge on any atom is -0.322 e. The summed E-state index contributed by atoms with van der Waals surface area (Å²) in [5.74, 6) is -0.585. The lowest BCUT2D eigenvalue weighted by atomic mass is 9.86. The summed E-state index contributed by atoms with van der Waals surface area (Å²) in [5, 5.41) is 2.89. The van der Waals surface area contributed by atoms with Crippen molar-refractivity contribution >= 4 is 11.6 Å². The molecule has 0 aromatic heterocycles. The Hall–Kier alpha value is -2.16. The van der Waals surface area contributed by atoms with Gasteiger partial charge in [0.2, 0.25) is 0 Å². The number of nitrogens with one attached hydrogen (secondary N) is 1. The number of amides is 1. The summed E-state index contributed by atoms with van der Waals surface area (Å²) >= 11 is 0. The van der Waals surface area contributed by atoms with Gasteiger partial charge in [-0.2, -0.15) is 0 Å². The molecule has 0 unspecified atom stereocenters. The molecule has 0 radical (unpaired) electrons. The molecule has 0 aliphatic heterocycles. The van der Waals surface area contributed by atoms with Gasteiger partial charge in [0.1, 0.15) is 5.82 Å². The van der Waals surface area contributed by atoms with Gasteiger partial charge in [-0.15, -0.1) is 0 Å². The summed E-state index contributed by atoms with van der Waals surface area (Å²) in [5.41, 5.74) is 2.23. The zero-order valence-electron chi connectivity index (χ0n) is 11.9. The van der Waals surface area contributed by atoms with Gasteiger partial charge in [-0.05, 0) is 41.3 Å². The van der Waals surface area contributed by atoms with Crippen molar-refractivity contribution in [3.05, 3.63) is 65.5 Å². The molecular weight excluding hydrogens is 253 g/mol. The Morgan fingerprint density at radius 1 is 1.00 bits per heavy atom. The van der Waals surface area contributed by atoms with E-state index in [1.807, 2.05) is 24.3 Å². The largest absolute Gasteiger partial charge is 0.322 e. The molecule has 3 heteroatoms. The third-order valence-electron chi connectivity index (χ3n) is 3.09. The smallest absolute Gasteiger partial charge is 0.255 e. The van der Waals surface area contributed by atoms with Crippen LogP contribution in [0.4, 0.5) is 10.1 Å². The summed E-state index contributed by atoms with van der Waals surface area (Å²) < 4.78 is 12.9. The summed E-state index contributed by atoms with van der Waals surface area (Å²) in [6, 6.07) is 13.2. The second-order valence-electron chi connectivity index (χ2n) is 5.76. The van der Waals surface area contributed by atoms with Crippen LogP contribution >= 0.6 is 0 Å². The number of carbonyl (C=O) groups excluding carboxylic acids is 1. The number of hydrogen-bond donors (Lipinski definition) is 1. The summed E-state index contributed by atoms with van der Waals surface area (Å²) in [7, 11) is 0. The van der Waals surface area contributed by atoms with Crippen LogP contribution in [0.25, 0.3) is 0 Å². The minimum atomic E-state index is -0.350. The number of rotatable bonds is 2. The van der Waals surface area contributed by atoms with Crippen molar-refractivity contribution in [2.75, 3.05) is 5.32 Å². The highest BCUT2D eigenvalue weighted by Gasteiger charge is 2.18. The fraction of sp³-hybridized carbons (Fsp3) is 0.235. The monoisotopic (exact) mass is 271 g/mol. The summed E-state index contributed by atoms with van der Waals surface area (Å²) in [4.78, 5) is 12.2. The molecule has 1 N–H and O–H groups in total. The van der Waals surface area contributed by atoms with Crippen LogP contribution in [0.3, 0.4) is 0 Å². The van der Waals surface area contributed by atoms with Crippen LogP contribution in [0, 0.1) is 5.82 Å². The first kappa shape index (κ1) is 14.3. The molecule has 0 heterocycles. The van der Waals surface area contributed by atoms with Crippen LogP contribution in [0.2, 0.25) is 0 Å². The molecule has 2 nitrogen and oxygen atoms in total. The number of para-hydroxylation sites is 1. The molecule has 2 rings (SSSR count). The Morgan fingerprint density at radius 3 is 2.20 bits per heavy atom. The van der Waals surface area contributed by atoms with Crippen molar-refractivity contribution < 1.29 is 9.18 Å². The molecule has 0 atom stereocenters. The van der Waals surface area contributed by atoms with E-state index in [0.29, 0.717) is 5.56 Å². The second-order valence-corrected chi connectivity index (χ2v) is 5.76. The van der Waals surface area contributed by atoms with Crippen molar-refractivity contribution in [3.8, 4) is 0 Å². The average molecular weight is 271 g/mol. The Kier molecular flexibility index (Phi) is 3.89. The third kappa shape index (κ3) is 3.23. The van der Waals surface area contributed by atoms with Gasteiger partial charge in [-0.3, -0.25) is 4.79 Å². The van der Waals surface area contributed by atoms with E-state index in [-0.39, 0.29) is 17.1 Å². The Balaban J connectivity index is 2.26. The molecular formula is C17H18FNO. The predicted molar refractivity (Wildman–Crippen MR) is 79.5 cm³/mol. The molecule has 104 valence electrons. The van der Waals surface area contributed by atoms with Gasteiger partial charge in [-0.1, -0.05) is 39.0 Å². The van der Waals surface area contributed by atoms with Crippen molar-refractivity contribution in [2.24, 2.45) is 0 Å². The molecule has 0 bridgehead atoms. The van der Waals surface area contributed by atoms with E-state index in [1.165, 1.54) is 24.3 Å². The van der Waals surface area contributed by atoms with Crippen LogP contribution in [0.5, 0.6) is 0 Å². The van der Waals surface area contributed by atoms with Crippen LogP contribution in [0.1, 0.15) is 36.7 Å². The van der Waals surface area contributed by atoms with E-state index in [2.05, 4.69) is 26.1 Å². The van der Waals surface area contributed by atoms with Gasteiger partial charge < -0.3 is 5.32 Å². The maximum Gasteiger partial charge on any atom is 0.255 e. The minimum absolute atomic E-state index is 0.0628. The van der Waals surface area contributed by atoms with E-state index >= 15 is 0 Å². The van der Waals surface area contributed by atoms with E-state index in [1.54, 1.807) is 0 Å². The Bertz CT molecular complexity index is 612. The molecule has 20 heavy (non-hydrogen) atoms. The highest BCUT2D eigenvalue weighted by Crippen LogP contribution is 2.29. The van der Waals surface area contributed by atoms with Crippen LogP contribution in [0.15, 0.2) is 48.5 Å². The van der Waals surface area contributed by atoms with E-state index in [0.717, 1.165) is 11.3 Å². The molecule has 0 aliphatic rings. The standard InChI is InChI=1S/C17H18FNO/c1-17(2,3)14-6-4-5-7-15(14)19-16(20)12-8-10-13(18)11-9-12/h4-11H,1-3H3,(H,19,20). The molecule has 2 aromatic rings. The van der Waals surface area contributed by atoms with Crippen LogP contribution < -0.4 is 5.32 Å². The van der Waals surface area contributed by atoms with E-state index < -0.39 is 0 Å². The number of carbonyl (C=O) groups is 1. The van der Waals surface area contributed by atoms with Crippen molar-refractivity contribution in [1.82, 2.24) is 0 Å². The molecule has 0 fully saturated rings. The molecule has 0 aliphatic carbocycles. The normalized spacial score (nSPS) is 11.2. The number of hydrogen-bond acceptors (Lipinski definition) is 1. The Morgan fingerprint density at radius 2 is 1.60 bits per heavy atom. The van der Waals surface area contributed by atoms with Crippen LogP contribution in [-0.4, -0.2) is 5.91 Å². The fourth-order valence-electron chi connectivity index (χ4n) is 2.04. The van der Waals surface area contributed by atoms with Crippen LogP contribution in [-0.2, 0) is 5.41 Å². The Labute approximate surface area is 118 Å². The quantitative estimate of drug-likeness (QED) is 0.863. The zero-order chi connectivity index (χ0) is 14.8. The van der Waals surface area contributed by atoms with Gasteiger partial charge >= 0.3 is 0 Å². The maximum atomic E-state index is 12.9. The van der Waals surface area contributed by atoms with Gasteiger partial charge in [-0.25, -0.2) is 4.39 Å². The van der Waals surface area contributed by atoms with Gasteiger partial charge in [0.15, 0.2) is 0 Å². The van der Waals surface area contributed by atoms with Gasteiger partial charge in [0.05, 0.1) is 0 Å². The molecule has 1 amide bonds. The highest BCUT2D eigenvalue weighted by molar-refractivity contribution is 6.04. The first-order valence-electron chi connectivity index (χ1n) is 6.54. The lowest BCUT2D eigenvalue weighted by Gasteiger charge is -2.23. The van der Waals surface area contributed by atoms with Gasteiger partial charge in [0, 0.05) is 11.3 Å². The molecule has 2 aromatic carbocycles. The lowest BCUT2D eigenvalue weighted by Crippen LogP contribution is -2.18. The molecule has 0 saturated carbocycles.